The summed E-state index contributed by atoms with van der Waals surface area (Å²) in [6.07, 6.45) is 1.52. The van der Waals surface area contributed by atoms with Gasteiger partial charge in [0.15, 0.2) is 6.04 Å². The largest absolute Gasteiger partial charge is 0.467 e. The molecule has 0 spiro atoms. The second kappa shape index (κ2) is 6.04. The third kappa shape index (κ3) is 3.45. The number of thiazole rings is 1. The van der Waals surface area contributed by atoms with Gasteiger partial charge in [-0.3, -0.25) is 0 Å². The standard InChI is InChI=1S/C13H13ClN2O2S/c1-8-3-5-9(6-4-8)16-11(13(17)18-2)12-15-7-10(14)19-12/h3-7,11,16H,1-2H3. The lowest BCUT2D eigenvalue weighted by Crippen LogP contribution is -2.22. The second-order valence-corrected chi connectivity index (χ2v) is 5.66. The summed E-state index contributed by atoms with van der Waals surface area (Å²) in [5.41, 5.74) is 1.98. The molecule has 6 heteroatoms. The third-order valence-electron chi connectivity index (χ3n) is 2.54. The summed E-state index contributed by atoms with van der Waals surface area (Å²) in [7, 11) is 1.35. The van der Waals surface area contributed by atoms with Crippen molar-refractivity contribution < 1.29 is 9.53 Å². The zero-order valence-electron chi connectivity index (χ0n) is 10.5. The van der Waals surface area contributed by atoms with Gasteiger partial charge in [0.25, 0.3) is 0 Å². The number of halogens is 1. The fraction of sp³-hybridized carbons (Fsp3) is 0.231. The van der Waals surface area contributed by atoms with E-state index in [-0.39, 0.29) is 0 Å². The summed E-state index contributed by atoms with van der Waals surface area (Å²) in [4.78, 5) is 16.0. The molecule has 0 radical (unpaired) electrons. The number of methoxy groups -OCH3 is 1. The van der Waals surface area contributed by atoms with Gasteiger partial charge in [0.2, 0.25) is 0 Å². The monoisotopic (exact) mass is 296 g/mol. The minimum atomic E-state index is -0.648. The lowest BCUT2D eigenvalue weighted by molar-refractivity contribution is -0.141. The molecule has 1 aromatic heterocycles. The molecule has 0 bridgehead atoms. The number of nitrogens with one attached hydrogen (secondary N) is 1. The summed E-state index contributed by atoms with van der Waals surface area (Å²) < 4.78 is 5.33. The van der Waals surface area contributed by atoms with Crippen LogP contribution in [0.1, 0.15) is 16.6 Å². The number of carbonyl (C=O) groups is 1. The van der Waals surface area contributed by atoms with Crippen molar-refractivity contribution in [1.82, 2.24) is 4.98 Å². The summed E-state index contributed by atoms with van der Waals surface area (Å²) >= 11 is 7.11. The average molecular weight is 297 g/mol. The van der Waals surface area contributed by atoms with Gasteiger partial charge in [-0.05, 0) is 19.1 Å². The van der Waals surface area contributed by atoms with E-state index < -0.39 is 12.0 Å². The molecule has 2 aromatic rings. The van der Waals surface area contributed by atoms with E-state index in [0.29, 0.717) is 9.34 Å². The van der Waals surface area contributed by atoms with Crippen LogP contribution in [-0.4, -0.2) is 18.1 Å². The molecule has 0 aliphatic heterocycles. The van der Waals surface area contributed by atoms with Gasteiger partial charge in [-0.15, -0.1) is 11.3 Å². The molecular formula is C13H13ClN2O2S. The number of hydrogen-bond acceptors (Lipinski definition) is 5. The molecule has 2 rings (SSSR count). The Morgan fingerprint density at radius 2 is 2.11 bits per heavy atom. The molecular weight excluding hydrogens is 284 g/mol. The van der Waals surface area contributed by atoms with Crippen LogP contribution < -0.4 is 5.32 Å². The van der Waals surface area contributed by atoms with Crippen LogP contribution in [0.15, 0.2) is 30.5 Å². The van der Waals surface area contributed by atoms with E-state index in [0.717, 1.165) is 11.3 Å². The molecule has 1 unspecified atom stereocenters. The average Bonchev–Trinajstić information content (AvgIpc) is 2.83. The number of ether oxygens (including phenoxy) is 1. The van der Waals surface area contributed by atoms with Gasteiger partial charge in [-0.2, -0.15) is 0 Å². The molecule has 1 aromatic carbocycles. The first-order valence-corrected chi connectivity index (χ1v) is 6.82. The van der Waals surface area contributed by atoms with Gasteiger partial charge >= 0.3 is 5.97 Å². The Hall–Kier alpha value is -1.59. The van der Waals surface area contributed by atoms with Crippen LogP contribution in [-0.2, 0) is 9.53 Å². The molecule has 0 aliphatic carbocycles. The highest BCUT2D eigenvalue weighted by atomic mass is 35.5. The first kappa shape index (κ1) is 13.8. The normalized spacial score (nSPS) is 11.9. The van der Waals surface area contributed by atoms with Gasteiger partial charge in [0.1, 0.15) is 9.34 Å². The maximum absolute atomic E-state index is 11.8. The number of benzene rings is 1. The van der Waals surface area contributed by atoms with Crippen molar-refractivity contribution in [3.63, 3.8) is 0 Å². The number of anilines is 1. The number of hydrogen-bond donors (Lipinski definition) is 1. The molecule has 0 aliphatic rings. The highest BCUT2D eigenvalue weighted by Crippen LogP contribution is 2.27. The number of aromatic nitrogens is 1. The Morgan fingerprint density at radius 1 is 1.42 bits per heavy atom. The molecule has 19 heavy (non-hydrogen) atoms. The smallest absolute Gasteiger partial charge is 0.335 e. The topological polar surface area (TPSA) is 51.2 Å². The van der Waals surface area contributed by atoms with E-state index in [1.807, 2.05) is 31.2 Å². The molecule has 4 nitrogen and oxygen atoms in total. The molecule has 0 saturated carbocycles. The summed E-state index contributed by atoms with van der Waals surface area (Å²) in [6.45, 7) is 2.00. The Bertz CT molecular complexity index is 568. The lowest BCUT2D eigenvalue weighted by atomic mass is 10.2. The van der Waals surface area contributed by atoms with Crippen LogP contribution >= 0.6 is 22.9 Å². The number of esters is 1. The van der Waals surface area contributed by atoms with Crippen molar-refractivity contribution >= 4 is 34.6 Å². The van der Waals surface area contributed by atoms with Gasteiger partial charge < -0.3 is 10.1 Å². The highest BCUT2D eigenvalue weighted by molar-refractivity contribution is 7.16. The van der Waals surface area contributed by atoms with Crippen molar-refractivity contribution in [2.75, 3.05) is 12.4 Å². The Morgan fingerprint density at radius 3 is 2.63 bits per heavy atom. The quantitative estimate of drug-likeness (QED) is 0.878. The number of aryl methyl sites for hydroxylation is 1. The molecule has 1 heterocycles. The van der Waals surface area contributed by atoms with Gasteiger partial charge in [0.05, 0.1) is 13.3 Å². The predicted molar refractivity (Wildman–Crippen MR) is 76.7 cm³/mol. The number of nitrogens with zero attached hydrogens (tertiary/aromatic N) is 1. The van der Waals surface area contributed by atoms with Crippen LogP contribution in [0.4, 0.5) is 5.69 Å². The molecule has 0 fully saturated rings. The Kier molecular flexibility index (Phi) is 4.39. The zero-order valence-corrected chi connectivity index (χ0v) is 12.1. The highest BCUT2D eigenvalue weighted by Gasteiger charge is 2.24. The Balaban J connectivity index is 2.23. The van der Waals surface area contributed by atoms with E-state index in [2.05, 4.69) is 10.3 Å². The first-order valence-electron chi connectivity index (χ1n) is 5.62. The fourth-order valence-electron chi connectivity index (χ4n) is 1.56. The van der Waals surface area contributed by atoms with Crippen molar-refractivity contribution in [2.45, 2.75) is 13.0 Å². The number of carbonyl (C=O) groups excluding carboxylic acids is 1. The van der Waals surface area contributed by atoms with E-state index in [1.54, 1.807) is 0 Å². The van der Waals surface area contributed by atoms with Crippen LogP contribution in [0.3, 0.4) is 0 Å². The van der Waals surface area contributed by atoms with E-state index in [4.69, 9.17) is 16.3 Å². The van der Waals surface area contributed by atoms with Crippen molar-refractivity contribution in [3.8, 4) is 0 Å². The third-order valence-corrected chi connectivity index (χ3v) is 3.72. The fourth-order valence-corrected chi connectivity index (χ4v) is 2.53. The van der Waals surface area contributed by atoms with Crippen LogP contribution in [0.5, 0.6) is 0 Å². The Labute approximate surface area is 120 Å². The predicted octanol–water partition coefficient (Wildman–Crippen LogP) is 3.43. The maximum atomic E-state index is 11.8. The molecule has 100 valence electrons. The van der Waals surface area contributed by atoms with Gasteiger partial charge in [-0.1, -0.05) is 29.3 Å². The zero-order chi connectivity index (χ0) is 13.8. The van der Waals surface area contributed by atoms with Gasteiger partial charge in [-0.25, -0.2) is 9.78 Å². The molecule has 0 saturated heterocycles. The van der Waals surface area contributed by atoms with E-state index in [9.17, 15) is 4.79 Å². The lowest BCUT2D eigenvalue weighted by Gasteiger charge is -2.15. The van der Waals surface area contributed by atoms with Crippen LogP contribution in [0.2, 0.25) is 4.34 Å². The summed E-state index contributed by atoms with van der Waals surface area (Å²) in [5, 5.41) is 3.68. The van der Waals surface area contributed by atoms with Crippen molar-refractivity contribution in [3.05, 3.63) is 45.4 Å². The van der Waals surface area contributed by atoms with Crippen molar-refractivity contribution in [2.24, 2.45) is 0 Å². The molecule has 1 N–H and O–H groups in total. The maximum Gasteiger partial charge on any atom is 0.335 e. The first-order chi connectivity index (χ1) is 9.10. The minimum absolute atomic E-state index is 0.397. The van der Waals surface area contributed by atoms with Crippen molar-refractivity contribution in [1.29, 1.82) is 0 Å². The summed E-state index contributed by atoms with van der Waals surface area (Å²) in [6, 6.07) is 7.09. The SMILES string of the molecule is COC(=O)C(Nc1ccc(C)cc1)c1ncc(Cl)s1. The van der Waals surface area contributed by atoms with E-state index >= 15 is 0 Å². The van der Waals surface area contributed by atoms with Gasteiger partial charge in [0, 0.05) is 5.69 Å². The van der Waals surface area contributed by atoms with Crippen LogP contribution in [0.25, 0.3) is 0 Å². The minimum Gasteiger partial charge on any atom is -0.467 e. The van der Waals surface area contributed by atoms with Crippen LogP contribution in [0, 0.1) is 6.92 Å². The molecule has 0 amide bonds. The summed E-state index contributed by atoms with van der Waals surface area (Å²) in [5.74, 6) is -0.397. The second-order valence-electron chi connectivity index (χ2n) is 3.97. The number of rotatable bonds is 4. The van der Waals surface area contributed by atoms with E-state index in [1.165, 1.54) is 24.6 Å². The molecule has 1 atom stereocenters.